The summed E-state index contributed by atoms with van der Waals surface area (Å²) >= 11 is 5.90. The van der Waals surface area contributed by atoms with Gasteiger partial charge in [0.2, 0.25) is 0 Å². The maximum atomic E-state index is 8.53. The van der Waals surface area contributed by atoms with E-state index in [1.807, 2.05) is 31.2 Å². The van der Waals surface area contributed by atoms with Crippen molar-refractivity contribution in [2.45, 2.75) is 6.92 Å². The molecule has 0 aliphatic rings. The molecular weight excluding hydrogens is 172 g/mol. The molecule has 0 amide bonds. The minimum absolute atomic E-state index is 0.0610. The molecule has 1 nitrogen and oxygen atoms in total. The van der Waals surface area contributed by atoms with Crippen LogP contribution in [-0.4, -0.2) is 11.7 Å². The summed E-state index contributed by atoms with van der Waals surface area (Å²) in [4.78, 5) is 0. The van der Waals surface area contributed by atoms with Gasteiger partial charge in [-0.3, -0.25) is 0 Å². The maximum Gasteiger partial charge on any atom is 0.0615 e. The van der Waals surface area contributed by atoms with Gasteiger partial charge in [-0.25, -0.2) is 0 Å². The van der Waals surface area contributed by atoms with Crippen LogP contribution in [0.4, 0.5) is 0 Å². The van der Waals surface area contributed by atoms with E-state index in [0.29, 0.717) is 0 Å². The Morgan fingerprint density at radius 2 is 2.25 bits per heavy atom. The summed E-state index contributed by atoms with van der Waals surface area (Å²) in [7, 11) is 0. The van der Waals surface area contributed by atoms with Crippen molar-refractivity contribution in [3.63, 3.8) is 0 Å². The molecule has 0 saturated heterocycles. The monoisotopic (exact) mass is 182 g/mol. The molecule has 0 aliphatic carbocycles. The van der Waals surface area contributed by atoms with Gasteiger partial charge < -0.3 is 5.11 Å². The predicted molar refractivity (Wildman–Crippen MR) is 52.3 cm³/mol. The van der Waals surface area contributed by atoms with Crippen molar-refractivity contribution in [2.75, 3.05) is 6.61 Å². The first-order chi connectivity index (χ1) is 5.74. The van der Waals surface area contributed by atoms with Crippen molar-refractivity contribution in [3.05, 3.63) is 40.4 Å². The molecule has 0 aliphatic heterocycles. The van der Waals surface area contributed by atoms with Crippen molar-refractivity contribution in [2.24, 2.45) is 0 Å². The highest BCUT2D eigenvalue weighted by molar-refractivity contribution is 6.31. The minimum Gasteiger partial charge on any atom is -0.392 e. The van der Waals surface area contributed by atoms with Crippen molar-refractivity contribution >= 4 is 17.7 Å². The topological polar surface area (TPSA) is 20.2 Å². The lowest BCUT2D eigenvalue weighted by molar-refractivity contribution is 0.343. The van der Waals surface area contributed by atoms with Gasteiger partial charge in [-0.05, 0) is 24.1 Å². The number of halogens is 1. The number of aliphatic hydroxyl groups is 1. The van der Waals surface area contributed by atoms with E-state index >= 15 is 0 Å². The zero-order valence-electron chi connectivity index (χ0n) is 6.92. The number of hydrogen-bond donors (Lipinski definition) is 1. The lowest BCUT2D eigenvalue weighted by Gasteiger charge is -1.98. The van der Waals surface area contributed by atoms with Gasteiger partial charge in [-0.2, -0.15) is 0 Å². The zero-order valence-corrected chi connectivity index (χ0v) is 7.67. The van der Waals surface area contributed by atoms with E-state index in [-0.39, 0.29) is 6.61 Å². The molecule has 1 N–H and O–H groups in total. The molecule has 0 aromatic heterocycles. The minimum atomic E-state index is 0.0610. The summed E-state index contributed by atoms with van der Waals surface area (Å²) in [6.07, 6.45) is 3.52. The van der Waals surface area contributed by atoms with Crippen molar-refractivity contribution < 1.29 is 5.11 Å². The molecule has 0 bridgehead atoms. The Hall–Kier alpha value is -0.790. The van der Waals surface area contributed by atoms with Gasteiger partial charge in [-0.1, -0.05) is 35.9 Å². The Morgan fingerprint density at radius 3 is 2.83 bits per heavy atom. The van der Waals surface area contributed by atoms with E-state index in [1.165, 1.54) is 0 Å². The summed E-state index contributed by atoms with van der Waals surface area (Å²) in [5.41, 5.74) is 2.08. The molecule has 64 valence electrons. The summed E-state index contributed by atoms with van der Waals surface area (Å²) in [5, 5.41) is 9.29. The molecule has 12 heavy (non-hydrogen) atoms. The molecule has 2 heteroatoms. The SMILES string of the molecule is Cc1ccc(/C=C/CO)cc1Cl. The van der Waals surface area contributed by atoms with Gasteiger partial charge in [0.05, 0.1) is 6.61 Å². The molecule has 0 saturated carbocycles. The van der Waals surface area contributed by atoms with E-state index in [9.17, 15) is 0 Å². The lowest BCUT2D eigenvalue weighted by Crippen LogP contribution is -1.78. The van der Waals surface area contributed by atoms with Gasteiger partial charge in [-0.15, -0.1) is 0 Å². The second kappa shape index (κ2) is 4.29. The molecule has 0 spiro atoms. The Labute approximate surface area is 77.3 Å². The standard InChI is InChI=1S/C10H11ClO/c1-8-4-5-9(3-2-6-12)7-10(8)11/h2-5,7,12H,6H2,1H3/b3-2+. The molecule has 0 unspecified atom stereocenters. The van der Waals surface area contributed by atoms with Crippen LogP contribution in [0.15, 0.2) is 24.3 Å². The van der Waals surface area contributed by atoms with Crippen LogP contribution in [0.1, 0.15) is 11.1 Å². The van der Waals surface area contributed by atoms with E-state index in [0.717, 1.165) is 16.1 Å². The Bertz CT molecular complexity index is 292. The highest BCUT2D eigenvalue weighted by atomic mass is 35.5. The maximum absolute atomic E-state index is 8.53. The quantitative estimate of drug-likeness (QED) is 0.746. The van der Waals surface area contributed by atoms with Crippen LogP contribution in [0, 0.1) is 6.92 Å². The average molecular weight is 183 g/mol. The molecule has 0 heterocycles. The van der Waals surface area contributed by atoms with E-state index in [2.05, 4.69) is 0 Å². The number of aryl methyl sites for hydroxylation is 1. The van der Waals surface area contributed by atoms with Crippen LogP contribution in [0.3, 0.4) is 0 Å². The first-order valence-corrected chi connectivity index (χ1v) is 4.15. The number of rotatable bonds is 2. The lowest BCUT2D eigenvalue weighted by atomic mass is 10.1. The van der Waals surface area contributed by atoms with Crippen molar-refractivity contribution in [3.8, 4) is 0 Å². The number of benzene rings is 1. The van der Waals surface area contributed by atoms with E-state index in [4.69, 9.17) is 16.7 Å². The summed E-state index contributed by atoms with van der Waals surface area (Å²) in [5.74, 6) is 0. The first kappa shape index (κ1) is 9.30. The van der Waals surface area contributed by atoms with Crippen LogP contribution >= 0.6 is 11.6 Å². The van der Waals surface area contributed by atoms with Gasteiger partial charge >= 0.3 is 0 Å². The molecule has 1 rings (SSSR count). The fourth-order valence-corrected chi connectivity index (χ4v) is 1.09. The zero-order chi connectivity index (χ0) is 8.97. The summed E-state index contributed by atoms with van der Waals surface area (Å²) < 4.78 is 0. The van der Waals surface area contributed by atoms with Gasteiger partial charge in [0, 0.05) is 5.02 Å². The third kappa shape index (κ3) is 2.36. The fourth-order valence-electron chi connectivity index (χ4n) is 0.902. The molecule has 1 aromatic rings. The van der Waals surface area contributed by atoms with Gasteiger partial charge in [0.15, 0.2) is 0 Å². The average Bonchev–Trinajstić information content (AvgIpc) is 2.07. The molecule has 0 atom stereocenters. The second-order valence-corrected chi connectivity index (χ2v) is 3.00. The predicted octanol–water partition coefficient (Wildman–Crippen LogP) is 2.65. The van der Waals surface area contributed by atoms with E-state index < -0.39 is 0 Å². The van der Waals surface area contributed by atoms with Crippen LogP contribution in [-0.2, 0) is 0 Å². The third-order valence-electron chi connectivity index (χ3n) is 1.61. The highest BCUT2D eigenvalue weighted by Gasteiger charge is 1.93. The largest absolute Gasteiger partial charge is 0.392 e. The molecular formula is C10H11ClO. The molecule has 1 aromatic carbocycles. The van der Waals surface area contributed by atoms with Crippen LogP contribution < -0.4 is 0 Å². The van der Waals surface area contributed by atoms with Crippen LogP contribution in [0.25, 0.3) is 6.08 Å². The summed E-state index contributed by atoms with van der Waals surface area (Å²) in [6, 6.07) is 5.80. The van der Waals surface area contributed by atoms with Gasteiger partial charge in [0.25, 0.3) is 0 Å². The summed E-state index contributed by atoms with van der Waals surface area (Å²) in [6.45, 7) is 2.02. The Balaban J connectivity index is 2.89. The molecule has 0 radical (unpaired) electrons. The second-order valence-electron chi connectivity index (χ2n) is 2.59. The third-order valence-corrected chi connectivity index (χ3v) is 2.02. The van der Waals surface area contributed by atoms with Crippen molar-refractivity contribution in [1.29, 1.82) is 0 Å². The van der Waals surface area contributed by atoms with Crippen LogP contribution in [0.5, 0.6) is 0 Å². The normalized spacial score (nSPS) is 10.9. The first-order valence-electron chi connectivity index (χ1n) is 3.77. The number of hydrogen-bond acceptors (Lipinski definition) is 1. The van der Waals surface area contributed by atoms with Crippen molar-refractivity contribution in [1.82, 2.24) is 0 Å². The van der Waals surface area contributed by atoms with E-state index in [1.54, 1.807) is 6.08 Å². The Morgan fingerprint density at radius 1 is 1.50 bits per heavy atom. The van der Waals surface area contributed by atoms with Gasteiger partial charge in [0.1, 0.15) is 0 Å². The Kier molecular flexibility index (Phi) is 3.32. The van der Waals surface area contributed by atoms with Crippen LogP contribution in [0.2, 0.25) is 5.02 Å². The molecule has 0 fully saturated rings. The number of aliphatic hydroxyl groups excluding tert-OH is 1. The smallest absolute Gasteiger partial charge is 0.0615 e. The highest BCUT2D eigenvalue weighted by Crippen LogP contribution is 2.17. The fraction of sp³-hybridized carbons (Fsp3) is 0.200.